The molecule has 0 spiro atoms. The second kappa shape index (κ2) is 5.46. The van der Waals surface area contributed by atoms with Crippen molar-refractivity contribution in [3.63, 3.8) is 0 Å². The minimum absolute atomic E-state index is 0.0367. The Labute approximate surface area is 145 Å². The highest BCUT2D eigenvalue weighted by molar-refractivity contribution is 5.16. The molecule has 0 amide bonds. The number of hydrogen-bond donors (Lipinski definition) is 2. The Morgan fingerprint density at radius 2 is 1.17 bits per heavy atom. The Morgan fingerprint density at radius 1 is 0.783 bits per heavy atom. The number of hydrogen-bond acceptors (Lipinski definition) is 2. The van der Waals surface area contributed by atoms with Crippen molar-refractivity contribution in [2.45, 2.75) is 95.1 Å². The number of aliphatic hydroxyl groups is 2. The molecule has 3 atom stereocenters. The van der Waals surface area contributed by atoms with Crippen molar-refractivity contribution in [3.05, 3.63) is 0 Å². The number of aliphatic hydroxyl groups excluding tert-OH is 2. The largest absolute Gasteiger partial charge is 0.396 e. The van der Waals surface area contributed by atoms with Gasteiger partial charge in [0.2, 0.25) is 0 Å². The van der Waals surface area contributed by atoms with Crippen molar-refractivity contribution in [1.82, 2.24) is 0 Å². The lowest BCUT2D eigenvalue weighted by molar-refractivity contribution is -0.257. The molecule has 1 aliphatic carbocycles. The predicted molar refractivity (Wildman–Crippen MR) is 99.3 cm³/mol. The third kappa shape index (κ3) is 2.99. The van der Waals surface area contributed by atoms with Crippen molar-refractivity contribution >= 4 is 0 Å². The summed E-state index contributed by atoms with van der Waals surface area (Å²) < 4.78 is 0. The summed E-state index contributed by atoms with van der Waals surface area (Å²) >= 11 is 0. The van der Waals surface area contributed by atoms with E-state index in [0.717, 1.165) is 12.8 Å². The topological polar surface area (TPSA) is 40.5 Å². The highest BCUT2D eigenvalue weighted by atomic mass is 16.3. The lowest BCUT2D eigenvalue weighted by Gasteiger charge is -2.69. The summed E-state index contributed by atoms with van der Waals surface area (Å²) in [7, 11) is 0. The van der Waals surface area contributed by atoms with Crippen LogP contribution in [0, 0.1) is 32.5 Å². The summed E-state index contributed by atoms with van der Waals surface area (Å²) in [5, 5.41) is 22.0. The molecule has 0 radical (unpaired) electrons. The molecular weight excluding hydrogens is 284 g/mol. The van der Waals surface area contributed by atoms with Gasteiger partial charge in [0.15, 0.2) is 0 Å². The van der Waals surface area contributed by atoms with Crippen LogP contribution in [-0.2, 0) is 0 Å². The molecule has 138 valence electrons. The highest BCUT2D eigenvalue weighted by Gasteiger charge is 2.67. The van der Waals surface area contributed by atoms with Gasteiger partial charge in [0.1, 0.15) is 0 Å². The summed E-state index contributed by atoms with van der Waals surface area (Å²) in [5.41, 5.74) is -0.837. The monoisotopic (exact) mass is 326 g/mol. The molecule has 1 fully saturated rings. The second-order valence-corrected chi connectivity index (χ2v) is 11.9. The first-order valence-corrected chi connectivity index (χ1v) is 9.17. The molecule has 0 saturated heterocycles. The van der Waals surface area contributed by atoms with Crippen LogP contribution in [-0.4, -0.2) is 22.9 Å². The van der Waals surface area contributed by atoms with Crippen LogP contribution < -0.4 is 0 Å². The van der Waals surface area contributed by atoms with Gasteiger partial charge in [0.25, 0.3) is 0 Å². The Balaban J connectivity index is 3.75. The van der Waals surface area contributed by atoms with E-state index in [1.165, 1.54) is 0 Å². The molecule has 1 rings (SSSR count). The first-order valence-electron chi connectivity index (χ1n) is 9.17. The van der Waals surface area contributed by atoms with Crippen LogP contribution in [0.5, 0.6) is 0 Å². The molecule has 0 heterocycles. The van der Waals surface area contributed by atoms with Crippen LogP contribution in [0.1, 0.15) is 89.0 Å². The molecule has 1 saturated carbocycles. The molecule has 0 aliphatic heterocycles. The lowest BCUT2D eigenvalue weighted by atomic mass is 9.37. The summed E-state index contributed by atoms with van der Waals surface area (Å²) in [6.45, 7) is 24.9. The zero-order chi connectivity index (χ0) is 18.7. The Hall–Kier alpha value is -0.0800. The van der Waals surface area contributed by atoms with Gasteiger partial charge in [-0.05, 0) is 39.9 Å². The third-order valence-electron chi connectivity index (χ3n) is 7.34. The summed E-state index contributed by atoms with van der Waals surface area (Å²) in [6.07, 6.45) is 1.31. The van der Waals surface area contributed by atoms with Gasteiger partial charge in [-0.3, -0.25) is 0 Å². The number of rotatable bonds is 1. The maximum atomic E-state index is 11.8. The molecule has 3 unspecified atom stereocenters. The van der Waals surface area contributed by atoms with Crippen LogP contribution >= 0.6 is 0 Å². The molecule has 0 aromatic heterocycles. The molecular formula is C21H42O2. The Bertz CT molecular complexity index is 418. The van der Waals surface area contributed by atoms with Crippen LogP contribution in [0.25, 0.3) is 0 Å². The summed E-state index contributed by atoms with van der Waals surface area (Å²) in [6, 6.07) is 0. The van der Waals surface area contributed by atoms with E-state index in [9.17, 15) is 10.2 Å². The SMILES string of the molecule is CC1(CO)CC(C)(C(C)(C)C)C(O)C(C(C)(C)C)(C(C)(C)C)C1. The Kier molecular flexibility index (Phi) is 4.98. The van der Waals surface area contributed by atoms with Gasteiger partial charge < -0.3 is 10.2 Å². The fraction of sp³-hybridized carbons (Fsp3) is 1.00. The predicted octanol–water partition coefficient (Wildman–Crippen LogP) is 5.27. The molecule has 0 aromatic carbocycles. The summed E-state index contributed by atoms with van der Waals surface area (Å²) in [4.78, 5) is 0. The minimum atomic E-state index is -0.408. The average Bonchev–Trinajstić information content (AvgIpc) is 2.29. The van der Waals surface area contributed by atoms with Crippen molar-refractivity contribution in [3.8, 4) is 0 Å². The van der Waals surface area contributed by atoms with E-state index in [2.05, 4.69) is 76.2 Å². The average molecular weight is 327 g/mol. The Morgan fingerprint density at radius 3 is 1.43 bits per heavy atom. The van der Waals surface area contributed by atoms with Gasteiger partial charge in [-0.2, -0.15) is 0 Å². The van der Waals surface area contributed by atoms with Crippen LogP contribution in [0.3, 0.4) is 0 Å². The van der Waals surface area contributed by atoms with E-state index in [4.69, 9.17) is 0 Å². The normalized spacial score (nSPS) is 36.1. The second-order valence-electron chi connectivity index (χ2n) is 11.9. The van der Waals surface area contributed by atoms with E-state index in [1.54, 1.807) is 0 Å². The van der Waals surface area contributed by atoms with Gasteiger partial charge in [-0.25, -0.2) is 0 Å². The third-order valence-corrected chi connectivity index (χ3v) is 7.34. The molecule has 0 aromatic rings. The van der Waals surface area contributed by atoms with Gasteiger partial charge in [-0.1, -0.05) is 76.2 Å². The van der Waals surface area contributed by atoms with Crippen molar-refractivity contribution in [2.75, 3.05) is 6.61 Å². The van der Waals surface area contributed by atoms with Crippen molar-refractivity contribution in [2.24, 2.45) is 32.5 Å². The van der Waals surface area contributed by atoms with Crippen molar-refractivity contribution < 1.29 is 10.2 Å². The minimum Gasteiger partial charge on any atom is -0.396 e. The summed E-state index contributed by atoms with van der Waals surface area (Å²) in [5.74, 6) is 0. The van der Waals surface area contributed by atoms with Crippen LogP contribution in [0.2, 0.25) is 0 Å². The van der Waals surface area contributed by atoms with Gasteiger partial charge in [0.05, 0.1) is 6.10 Å². The zero-order valence-corrected chi connectivity index (χ0v) is 17.6. The highest BCUT2D eigenvalue weighted by Crippen LogP contribution is 2.69. The van der Waals surface area contributed by atoms with E-state index in [0.29, 0.717) is 0 Å². The van der Waals surface area contributed by atoms with E-state index < -0.39 is 6.10 Å². The fourth-order valence-corrected chi connectivity index (χ4v) is 5.62. The fourth-order valence-electron chi connectivity index (χ4n) is 5.62. The van der Waals surface area contributed by atoms with Gasteiger partial charge in [-0.15, -0.1) is 0 Å². The van der Waals surface area contributed by atoms with E-state index in [1.807, 2.05) is 0 Å². The maximum Gasteiger partial charge on any atom is 0.0665 e. The lowest BCUT2D eigenvalue weighted by Crippen LogP contribution is -2.67. The molecule has 2 nitrogen and oxygen atoms in total. The van der Waals surface area contributed by atoms with Crippen molar-refractivity contribution in [1.29, 1.82) is 0 Å². The maximum absolute atomic E-state index is 11.8. The molecule has 2 heteroatoms. The zero-order valence-electron chi connectivity index (χ0n) is 17.6. The van der Waals surface area contributed by atoms with Gasteiger partial charge in [0, 0.05) is 12.0 Å². The van der Waals surface area contributed by atoms with Crippen LogP contribution in [0.4, 0.5) is 0 Å². The quantitative estimate of drug-likeness (QED) is 0.689. The molecule has 1 aliphatic rings. The molecule has 0 bridgehead atoms. The first kappa shape index (κ1) is 21.0. The van der Waals surface area contributed by atoms with Gasteiger partial charge >= 0.3 is 0 Å². The molecule has 2 N–H and O–H groups in total. The van der Waals surface area contributed by atoms with E-state index in [-0.39, 0.29) is 39.1 Å². The van der Waals surface area contributed by atoms with Crippen LogP contribution in [0.15, 0.2) is 0 Å². The first-order chi connectivity index (χ1) is 9.88. The van der Waals surface area contributed by atoms with E-state index >= 15 is 0 Å². The molecule has 23 heavy (non-hydrogen) atoms. The smallest absolute Gasteiger partial charge is 0.0665 e. The standard InChI is InChI=1S/C21H42O2/c1-16(2,3)20(11)12-19(10,14-22)13-21(15(20)23,17(4,5)6)18(7,8)9/h15,22-23H,12-14H2,1-11H3.